The molecule has 1 heterocycles. The van der Waals surface area contributed by atoms with E-state index in [-0.39, 0.29) is 17.5 Å². The highest BCUT2D eigenvalue weighted by Crippen LogP contribution is 2.29. The Morgan fingerprint density at radius 2 is 1.76 bits per heavy atom. The fraction of sp³-hybridized carbons (Fsp3) is 0.120. The summed E-state index contributed by atoms with van der Waals surface area (Å²) in [5.74, 6) is 0.867. The number of aromatic nitrogens is 3. The number of thioether (sulfide) groups is 1. The molecule has 0 unspecified atom stereocenters. The van der Waals surface area contributed by atoms with Crippen molar-refractivity contribution in [3.63, 3.8) is 0 Å². The zero-order valence-corrected chi connectivity index (χ0v) is 19.4. The van der Waals surface area contributed by atoms with Gasteiger partial charge in [-0.05, 0) is 61.0 Å². The van der Waals surface area contributed by atoms with E-state index in [2.05, 4.69) is 20.7 Å². The van der Waals surface area contributed by atoms with E-state index in [9.17, 15) is 9.18 Å². The number of carbonyl (C=O) groups excluding carboxylic acids is 1. The molecule has 9 heteroatoms. The van der Waals surface area contributed by atoms with Crippen molar-refractivity contribution in [1.82, 2.24) is 20.2 Å². The Kier molecular flexibility index (Phi) is 7.34. The number of rotatable bonds is 8. The number of carbonyl (C=O) groups is 1. The highest BCUT2D eigenvalue weighted by atomic mass is 32.2. The Morgan fingerprint density at radius 1 is 1.06 bits per heavy atom. The van der Waals surface area contributed by atoms with Gasteiger partial charge >= 0.3 is 0 Å². The van der Waals surface area contributed by atoms with E-state index >= 15 is 0 Å². The minimum Gasteiger partial charge on any atom is -0.497 e. The first-order valence-corrected chi connectivity index (χ1v) is 11.4. The van der Waals surface area contributed by atoms with E-state index in [0.29, 0.717) is 16.5 Å². The average Bonchev–Trinajstić information content (AvgIpc) is 3.28. The maximum atomic E-state index is 13.0. The Hall–Kier alpha value is -3.98. The van der Waals surface area contributed by atoms with Gasteiger partial charge < -0.3 is 4.74 Å². The lowest BCUT2D eigenvalue weighted by Crippen LogP contribution is -2.20. The van der Waals surface area contributed by atoms with Crippen LogP contribution in [0.1, 0.15) is 11.1 Å². The van der Waals surface area contributed by atoms with E-state index in [4.69, 9.17) is 4.74 Å². The molecule has 1 aromatic heterocycles. The molecule has 1 N–H and O–H groups in total. The van der Waals surface area contributed by atoms with Crippen molar-refractivity contribution >= 4 is 23.9 Å². The maximum absolute atomic E-state index is 13.0. The third-order valence-corrected chi connectivity index (χ3v) is 5.81. The van der Waals surface area contributed by atoms with Gasteiger partial charge in [-0.2, -0.15) is 5.10 Å². The first-order chi connectivity index (χ1) is 16.5. The number of hydrogen-bond acceptors (Lipinski definition) is 6. The van der Waals surface area contributed by atoms with Crippen LogP contribution in [0, 0.1) is 12.7 Å². The molecule has 7 nitrogen and oxygen atoms in total. The van der Waals surface area contributed by atoms with Gasteiger partial charge in [0.05, 0.1) is 19.1 Å². The van der Waals surface area contributed by atoms with Crippen LogP contribution in [-0.2, 0) is 4.79 Å². The Morgan fingerprint density at radius 3 is 2.44 bits per heavy atom. The van der Waals surface area contributed by atoms with E-state index in [1.54, 1.807) is 19.2 Å². The van der Waals surface area contributed by atoms with Gasteiger partial charge in [0.2, 0.25) is 0 Å². The third kappa shape index (κ3) is 5.68. The molecule has 0 aliphatic rings. The number of nitrogens with zero attached hydrogens (tertiary/aromatic N) is 4. The van der Waals surface area contributed by atoms with E-state index in [1.165, 1.54) is 30.1 Å². The van der Waals surface area contributed by atoms with Gasteiger partial charge in [0.25, 0.3) is 5.91 Å². The lowest BCUT2D eigenvalue weighted by atomic mass is 10.2. The number of nitrogens with one attached hydrogen (secondary N) is 1. The number of ether oxygens (including phenoxy) is 1. The topological polar surface area (TPSA) is 81.4 Å². The van der Waals surface area contributed by atoms with Crippen LogP contribution in [0.25, 0.3) is 17.1 Å². The second-order valence-corrected chi connectivity index (χ2v) is 8.28. The van der Waals surface area contributed by atoms with E-state index < -0.39 is 0 Å². The molecular weight excluding hydrogens is 453 g/mol. The monoisotopic (exact) mass is 475 g/mol. The van der Waals surface area contributed by atoms with Gasteiger partial charge in [0.1, 0.15) is 11.6 Å². The highest BCUT2D eigenvalue weighted by Gasteiger charge is 2.17. The molecule has 0 aliphatic carbocycles. The number of methoxy groups -OCH3 is 1. The normalized spacial score (nSPS) is 11.0. The van der Waals surface area contributed by atoms with Crippen molar-refractivity contribution in [3.05, 3.63) is 89.7 Å². The number of hydrogen-bond donors (Lipinski definition) is 1. The smallest absolute Gasteiger partial charge is 0.250 e. The molecule has 0 aliphatic heterocycles. The Labute approximate surface area is 200 Å². The van der Waals surface area contributed by atoms with Crippen molar-refractivity contribution in [2.75, 3.05) is 12.9 Å². The van der Waals surface area contributed by atoms with Gasteiger partial charge in [0, 0.05) is 11.3 Å². The van der Waals surface area contributed by atoms with E-state index in [0.717, 1.165) is 22.6 Å². The number of benzene rings is 3. The fourth-order valence-electron chi connectivity index (χ4n) is 3.11. The Bertz CT molecular complexity index is 1290. The fourth-order valence-corrected chi connectivity index (χ4v) is 3.85. The summed E-state index contributed by atoms with van der Waals surface area (Å²) in [4.78, 5) is 12.3. The predicted molar refractivity (Wildman–Crippen MR) is 131 cm³/mol. The predicted octanol–water partition coefficient (Wildman–Crippen LogP) is 4.63. The molecule has 0 bridgehead atoms. The molecule has 0 atom stereocenters. The summed E-state index contributed by atoms with van der Waals surface area (Å²) in [6, 6.07) is 21.4. The summed E-state index contributed by atoms with van der Waals surface area (Å²) in [5, 5.41) is 13.2. The minimum absolute atomic E-state index is 0.0906. The van der Waals surface area contributed by atoms with Gasteiger partial charge in [-0.25, -0.2) is 9.82 Å². The molecule has 0 fully saturated rings. The summed E-state index contributed by atoms with van der Waals surface area (Å²) in [6.07, 6.45) is 1.46. The first kappa shape index (κ1) is 23.2. The zero-order chi connectivity index (χ0) is 23.9. The van der Waals surface area contributed by atoms with Gasteiger partial charge in [-0.1, -0.05) is 41.6 Å². The zero-order valence-electron chi connectivity index (χ0n) is 18.6. The van der Waals surface area contributed by atoms with Crippen LogP contribution in [0.4, 0.5) is 4.39 Å². The summed E-state index contributed by atoms with van der Waals surface area (Å²) in [7, 11) is 1.62. The lowest BCUT2D eigenvalue weighted by molar-refractivity contribution is -0.118. The lowest BCUT2D eigenvalue weighted by Gasteiger charge is -2.11. The maximum Gasteiger partial charge on any atom is 0.250 e. The van der Waals surface area contributed by atoms with Crippen LogP contribution in [-0.4, -0.2) is 39.7 Å². The van der Waals surface area contributed by atoms with E-state index in [1.807, 2.05) is 60.0 Å². The number of aryl methyl sites for hydroxylation is 1. The van der Waals surface area contributed by atoms with Crippen molar-refractivity contribution in [2.24, 2.45) is 5.10 Å². The molecule has 0 saturated carbocycles. The number of amides is 1. The van der Waals surface area contributed by atoms with Crippen LogP contribution in [0.3, 0.4) is 0 Å². The van der Waals surface area contributed by atoms with Crippen molar-refractivity contribution in [1.29, 1.82) is 0 Å². The van der Waals surface area contributed by atoms with Crippen molar-refractivity contribution in [2.45, 2.75) is 12.1 Å². The van der Waals surface area contributed by atoms with Crippen molar-refractivity contribution in [3.8, 4) is 22.8 Å². The average molecular weight is 476 g/mol. The molecule has 172 valence electrons. The largest absolute Gasteiger partial charge is 0.497 e. The standard InChI is InChI=1S/C25H22FN5O2S/c1-17-3-11-21(12-4-17)31-24(19-7-13-22(33-2)14-8-19)29-30-25(31)34-16-23(32)28-27-15-18-5-9-20(26)10-6-18/h3-15H,16H2,1-2H3,(H,28,32). The van der Waals surface area contributed by atoms with Crippen LogP contribution < -0.4 is 10.2 Å². The third-order valence-electron chi connectivity index (χ3n) is 4.88. The van der Waals surface area contributed by atoms with Crippen LogP contribution in [0.2, 0.25) is 0 Å². The summed E-state index contributed by atoms with van der Waals surface area (Å²) < 4.78 is 20.1. The van der Waals surface area contributed by atoms with Crippen LogP contribution in [0.5, 0.6) is 5.75 Å². The second kappa shape index (κ2) is 10.8. The highest BCUT2D eigenvalue weighted by molar-refractivity contribution is 7.99. The number of hydrazone groups is 1. The molecule has 4 rings (SSSR count). The van der Waals surface area contributed by atoms with Gasteiger partial charge in [-0.15, -0.1) is 10.2 Å². The molecule has 34 heavy (non-hydrogen) atoms. The SMILES string of the molecule is COc1ccc(-c2nnc(SCC(=O)NN=Cc3ccc(F)cc3)n2-c2ccc(C)cc2)cc1. The van der Waals surface area contributed by atoms with Crippen molar-refractivity contribution < 1.29 is 13.9 Å². The molecule has 1 amide bonds. The van der Waals surface area contributed by atoms with Crippen LogP contribution in [0.15, 0.2) is 83.1 Å². The summed E-state index contributed by atoms with van der Waals surface area (Å²) in [6.45, 7) is 2.02. The molecule has 3 aromatic carbocycles. The number of halogens is 1. The first-order valence-electron chi connectivity index (χ1n) is 10.4. The van der Waals surface area contributed by atoms with Gasteiger partial charge in [-0.3, -0.25) is 9.36 Å². The minimum atomic E-state index is -0.329. The summed E-state index contributed by atoms with van der Waals surface area (Å²) >= 11 is 1.25. The quantitative estimate of drug-likeness (QED) is 0.228. The molecule has 0 radical (unpaired) electrons. The Balaban J connectivity index is 1.51. The van der Waals surface area contributed by atoms with Gasteiger partial charge in [0.15, 0.2) is 11.0 Å². The molecule has 0 spiro atoms. The van der Waals surface area contributed by atoms with Crippen LogP contribution >= 0.6 is 11.8 Å². The molecular formula is C25H22FN5O2S. The second-order valence-electron chi connectivity index (χ2n) is 7.34. The summed E-state index contributed by atoms with van der Waals surface area (Å²) in [5.41, 5.74) is 6.05. The molecule has 0 saturated heterocycles. The molecule has 4 aromatic rings.